The zero-order chi connectivity index (χ0) is 15.8. The highest BCUT2D eigenvalue weighted by molar-refractivity contribution is 7.89. The Labute approximate surface area is 128 Å². The Morgan fingerprint density at radius 3 is 2.71 bits per heavy atom. The Hall–Kier alpha value is -1.15. The number of rotatable bonds is 4. The van der Waals surface area contributed by atoms with Crippen molar-refractivity contribution in [3.8, 4) is 0 Å². The summed E-state index contributed by atoms with van der Waals surface area (Å²) in [6, 6.07) is 3.04. The van der Waals surface area contributed by atoms with Crippen molar-refractivity contribution in [3.05, 3.63) is 28.8 Å². The lowest BCUT2D eigenvalue weighted by Crippen LogP contribution is -2.39. The largest absolute Gasteiger partial charge is 0.478 e. The zero-order valence-electron chi connectivity index (χ0n) is 11.4. The van der Waals surface area contributed by atoms with E-state index >= 15 is 0 Å². The molecule has 0 amide bonds. The monoisotopic (exact) mass is 333 g/mol. The van der Waals surface area contributed by atoms with Crippen LogP contribution in [0, 0.1) is 5.92 Å². The van der Waals surface area contributed by atoms with E-state index in [2.05, 4.69) is 0 Å². The summed E-state index contributed by atoms with van der Waals surface area (Å²) in [5.41, 5.74) is -0.147. The smallest absolute Gasteiger partial charge is 0.335 e. The Kier molecular flexibility index (Phi) is 4.57. The van der Waals surface area contributed by atoms with E-state index in [4.69, 9.17) is 16.7 Å². The molecule has 0 saturated carbocycles. The van der Waals surface area contributed by atoms with Crippen molar-refractivity contribution in [1.29, 1.82) is 0 Å². The number of carbonyl (C=O) groups is 1. The van der Waals surface area contributed by atoms with Gasteiger partial charge in [-0.05, 0) is 30.5 Å². The molecule has 21 heavy (non-hydrogen) atoms. The molecule has 0 aliphatic carbocycles. The molecular formula is C13H16ClNO5S. The average molecular weight is 334 g/mol. The minimum atomic E-state index is -3.94. The zero-order valence-corrected chi connectivity index (χ0v) is 12.9. The third-order valence-corrected chi connectivity index (χ3v) is 6.19. The molecule has 0 bridgehead atoms. The predicted molar refractivity (Wildman–Crippen MR) is 77.0 cm³/mol. The number of carboxylic acids is 1. The highest BCUT2D eigenvalue weighted by Crippen LogP contribution is 2.33. The van der Waals surface area contributed by atoms with Crippen LogP contribution < -0.4 is 0 Å². The maximum absolute atomic E-state index is 12.7. The number of aromatic carboxylic acids is 1. The molecule has 0 radical (unpaired) electrons. The van der Waals surface area contributed by atoms with E-state index in [9.17, 15) is 18.3 Å². The number of aliphatic hydroxyl groups excluding tert-OH is 1. The summed E-state index contributed by atoms with van der Waals surface area (Å²) in [6.45, 7) is 1.87. The number of halogens is 1. The predicted octanol–water partition coefficient (Wildman–Crippen LogP) is 1.43. The van der Waals surface area contributed by atoms with E-state index in [-0.39, 0.29) is 34.6 Å². The lowest BCUT2D eigenvalue weighted by molar-refractivity contribution is 0.0696. The van der Waals surface area contributed by atoms with E-state index in [1.54, 1.807) is 0 Å². The van der Waals surface area contributed by atoms with Crippen LogP contribution in [0.2, 0.25) is 5.02 Å². The van der Waals surface area contributed by atoms with Gasteiger partial charge in [0.1, 0.15) is 4.90 Å². The molecule has 0 spiro atoms. The van der Waals surface area contributed by atoms with Crippen LogP contribution in [0.3, 0.4) is 0 Å². The molecular weight excluding hydrogens is 318 g/mol. The number of sulfonamides is 1. The van der Waals surface area contributed by atoms with Crippen molar-refractivity contribution in [3.63, 3.8) is 0 Å². The van der Waals surface area contributed by atoms with Crippen molar-refractivity contribution in [2.24, 2.45) is 5.92 Å². The van der Waals surface area contributed by atoms with Crippen LogP contribution in [0.15, 0.2) is 23.1 Å². The first-order valence-electron chi connectivity index (χ1n) is 6.44. The Bertz CT molecular complexity index is 661. The maximum Gasteiger partial charge on any atom is 0.335 e. The summed E-state index contributed by atoms with van der Waals surface area (Å²) in [4.78, 5) is 10.8. The summed E-state index contributed by atoms with van der Waals surface area (Å²) in [5.74, 6) is -1.19. The van der Waals surface area contributed by atoms with Crippen molar-refractivity contribution in [2.45, 2.75) is 24.3 Å². The number of hydrogen-bond donors (Lipinski definition) is 2. The van der Waals surface area contributed by atoms with Crippen LogP contribution in [0.25, 0.3) is 0 Å². The van der Waals surface area contributed by atoms with Gasteiger partial charge in [-0.15, -0.1) is 0 Å². The summed E-state index contributed by atoms with van der Waals surface area (Å²) < 4.78 is 26.6. The van der Waals surface area contributed by atoms with Crippen molar-refractivity contribution < 1.29 is 23.4 Å². The molecule has 6 nitrogen and oxygen atoms in total. The van der Waals surface area contributed by atoms with Crippen LogP contribution in [-0.4, -0.2) is 48.1 Å². The maximum atomic E-state index is 12.7. The first kappa shape index (κ1) is 16.2. The van der Waals surface area contributed by atoms with Crippen LogP contribution >= 0.6 is 11.6 Å². The lowest BCUT2D eigenvalue weighted by Gasteiger charge is -2.25. The molecule has 1 aromatic rings. The molecule has 1 aromatic carbocycles. The molecule has 2 N–H and O–H groups in total. The highest BCUT2D eigenvalue weighted by atomic mass is 35.5. The van der Waals surface area contributed by atoms with Gasteiger partial charge in [0.15, 0.2) is 0 Å². The van der Waals surface area contributed by atoms with Crippen LogP contribution in [0.1, 0.15) is 23.7 Å². The normalized spacial score (nSPS) is 23.4. The van der Waals surface area contributed by atoms with Crippen molar-refractivity contribution in [2.75, 3.05) is 13.2 Å². The Morgan fingerprint density at radius 2 is 2.14 bits per heavy atom. The SMILES string of the molecule is CC1CCN(S(=O)(=O)c2cc(C(=O)O)ccc2Cl)C1CO. The van der Waals surface area contributed by atoms with E-state index in [1.165, 1.54) is 16.4 Å². The number of aliphatic hydroxyl groups is 1. The standard InChI is InChI=1S/C13H16ClNO5S/c1-8-4-5-15(11(8)7-16)21(19,20)12-6-9(13(17)18)2-3-10(12)14/h2-3,6,8,11,16H,4-5,7H2,1H3,(H,17,18). The fourth-order valence-electron chi connectivity index (χ4n) is 2.50. The highest BCUT2D eigenvalue weighted by Gasteiger charge is 2.40. The van der Waals surface area contributed by atoms with E-state index in [0.29, 0.717) is 6.42 Å². The van der Waals surface area contributed by atoms with Gasteiger partial charge in [0, 0.05) is 6.54 Å². The van der Waals surface area contributed by atoms with Crippen molar-refractivity contribution >= 4 is 27.6 Å². The van der Waals surface area contributed by atoms with Crippen LogP contribution in [0.4, 0.5) is 0 Å². The molecule has 1 heterocycles. The van der Waals surface area contributed by atoms with Gasteiger partial charge in [0.2, 0.25) is 10.0 Å². The molecule has 116 valence electrons. The second-order valence-corrected chi connectivity index (χ2v) is 7.35. The van der Waals surface area contributed by atoms with E-state index < -0.39 is 22.0 Å². The first-order chi connectivity index (χ1) is 9.78. The summed E-state index contributed by atoms with van der Waals surface area (Å²) in [6.07, 6.45) is 0.640. The summed E-state index contributed by atoms with van der Waals surface area (Å²) in [7, 11) is -3.94. The number of hydrogen-bond acceptors (Lipinski definition) is 4. The topological polar surface area (TPSA) is 94.9 Å². The third-order valence-electron chi connectivity index (χ3n) is 3.78. The summed E-state index contributed by atoms with van der Waals surface area (Å²) in [5, 5.41) is 18.3. The van der Waals surface area contributed by atoms with Gasteiger partial charge in [-0.25, -0.2) is 13.2 Å². The molecule has 1 saturated heterocycles. The van der Waals surface area contributed by atoms with Crippen LogP contribution in [0.5, 0.6) is 0 Å². The molecule has 2 atom stereocenters. The van der Waals surface area contributed by atoms with E-state index in [0.717, 1.165) is 6.07 Å². The van der Waals surface area contributed by atoms with Gasteiger partial charge in [-0.3, -0.25) is 0 Å². The quantitative estimate of drug-likeness (QED) is 0.869. The number of benzene rings is 1. The van der Waals surface area contributed by atoms with Gasteiger partial charge < -0.3 is 10.2 Å². The van der Waals surface area contributed by atoms with Gasteiger partial charge in [0.25, 0.3) is 0 Å². The second kappa shape index (κ2) is 5.92. The lowest BCUT2D eigenvalue weighted by atomic mass is 10.0. The Morgan fingerprint density at radius 1 is 1.48 bits per heavy atom. The molecule has 2 rings (SSSR count). The van der Waals surface area contributed by atoms with Gasteiger partial charge >= 0.3 is 5.97 Å². The summed E-state index contributed by atoms with van der Waals surface area (Å²) >= 11 is 5.93. The molecule has 1 fully saturated rings. The fraction of sp³-hybridized carbons (Fsp3) is 0.462. The number of carboxylic acid groups (broad SMARTS) is 1. The van der Waals surface area contributed by atoms with E-state index in [1.807, 2.05) is 6.92 Å². The molecule has 2 unspecified atom stereocenters. The molecule has 0 aromatic heterocycles. The van der Waals surface area contributed by atoms with Gasteiger partial charge in [-0.2, -0.15) is 4.31 Å². The molecule has 1 aliphatic rings. The molecule has 8 heteroatoms. The Balaban J connectivity index is 2.49. The van der Waals surface area contributed by atoms with Gasteiger partial charge in [0.05, 0.1) is 23.2 Å². The minimum Gasteiger partial charge on any atom is -0.478 e. The fourth-order valence-corrected chi connectivity index (χ4v) is 4.73. The number of nitrogens with zero attached hydrogens (tertiary/aromatic N) is 1. The third kappa shape index (κ3) is 2.91. The van der Waals surface area contributed by atoms with Gasteiger partial charge in [-0.1, -0.05) is 18.5 Å². The minimum absolute atomic E-state index is 0.0313. The van der Waals surface area contributed by atoms with Crippen LogP contribution in [-0.2, 0) is 10.0 Å². The molecule has 1 aliphatic heterocycles. The average Bonchev–Trinajstić information content (AvgIpc) is 2.80. The first-order valence-corrected chi connectivity index (χ1v) is 8.26. The van der Waals surface area contributed by atoms with Crippen molar-refractivity contribution in [1.82, 2.24) is 4.31 Å². The second-order valence-electron chi connectivity index (χ2n) is 5.08.